The zero-order valence-electron chi connectivity index (χ0n) is 10.1. The molecule has 0 spiro atoms. The molecule has 0 fully saturated rings. The Hall–Kier alpha value is -0.810. The fourth-order valence-corrected chi connectivity index (χ4v) is 2.03. The van der Waals surface area contributed by atoms with Crippen LogP contribution in [-0.4, -0.2) is 23.7 Å². The van der Waals surface area contributed by atoms with Gasteiger partial charge in [-0.2, -0.15) is 0 Å². The van der Waals surface area contributed by atoms with E-state index >= 15 is 0 Å². The van der Waals surface area contributed by atoms with E-state index in [4.69, 9.17) is 4.42 Å². The van der Waals surface area contributed by atoms with Crippen LogP contribution < -0.4 is 5.32 Å². The first-order chi connectivity index (χ1) is 8.08. The van der Waals surface area contributed by atoms with E-state index in [0.29, 0.717) is 4.67 Å². The van der Waals surface area contributed by atoms with Crippen molar-refractivity contribution in [3.8, 4) is 0 Å². The van der Waals surface area contributed by atoms with Crippen LogP contribution in [0.4, 0.5) is 0 Å². The molecule has 17 heavy (non-hydrogen) atoms. The summed E-state index contributed by atoms with van der Waals surface area (Å²) in [5, 5.41) is 12.5. The second-order valence-corrected chi connectivity index (χ2v) is 4.74. The molecule has 0 radical (unpaired) electrons. The summed E-state index contributed by atoms with van der Waals surface area (Å²) in [6, 6.07) is 3.25. The summed E-state index contributed by atoms with van der Waals surface area (Å²) < 4.78 is 5.63. The highest BCUT2D eigenvalue weighted by molar-refractivity contribution is 9.10. The fourth-order valence-electron chi connectivity index (χ4n) is 1.72. The van der Waals surface area contributed by atoms with Crippen LogP contribution in [0.2, 0.25) is 0 Å². The highest BCUT2D eigenvalue weighted by atomic mass is 79.9. The molecule has 1 aromatic heterocycles. The number of carbonyl (C=O) groups excluding carboxylic acids is 1. The van der Waals surface area contributed by atoms with Crippen molar-refractivity contribution < 1.29 is 14.3 Å². The molecule has 0 saturated carbocycles. The molecule has 1 rings (SSSR count). The van der Waals surface area contributed by atoms with Crippen molar-refractivity contribution in [1.29, 1.82) is 0 Å². The summed E-state index contributed by atoms with van der Waals surface area (Å²) >= 11 is 3.13. The zero-order valence-corrected chi connectivity index (χ0v) is 11.7. The lowest BCUT2D eigenvalue weighted by Gasteiger charge is -2.19. The van der Waals surface area contributed by atoms with Gasteiger partial charge in [0.1, 0.15) is 0 Å². The van der Waals surface area contributed by atoms with Crippen LogP contribution in [0, 0.1) is 5.92 Å². The number of halogens is 1. The molecule has 1 amide bonds. The number of rotatable bonds is 6. The Morgan fingerprint density at radius 3 is 2.59 bits per heavy atom. The van der Waals surface area contributed by atoms with Gasteiger partial charge in [0.25, 0.3) is 5.91 Å². The molecule has 0 aliphatic rings. The Bertz CT molecular complexity index is 360. The molecule has 2 N–H and O–H groups in total. The van der Waals surface area contributed by atoms with E-state index in [0.717, 1.165) is 12.8 Å². The molecule has 0 aliphatic heterocycles. The maximum atomic E-state index is 11.6. The average Bonchev–Trinajstić information content (AvgIpc) is 2.74. The van der Waals surface area contributed by atoms with Gasteiger partial charge in [0.2, 0.25) is 0 Å². The zero-order chi connectivity index (χ0) is 12.8. The highest BCUT2D eigenvalue weighted by Gasteiger charge is 2.17. The normalized spacial score (nSPS) is 12.8. The summed E-state index contributed by atoms with van der Waals surface area (Å²) in [5.74, 6) is 0.160. The summed E-state index contributed by atoms with van der Waals surface area (Å²) in [5.41, 5.74) is 0. The molecule has 0 bridgehead atoms. The molecule has 0 aliphatic carbocycles. The predicted octanol–water partition coefficient (Wildman–Crippen LogP) is 2.57. The number of aliphatic hydroxyl groups excluding tert-OH is 1. The lowest BCUT2D eigenvalue weighted by atomic mass is 9.96. The van der Waals surface area contributed by atoms with E-state index in [1.54, 1.807) is 12.1 Å². The number of amides is 1. The second-order valence-electron chi connectivity index (χ2n) is 3.96. The van der Waals surface area contributed by atoms with E-state index in [-0.39, 0.29) is 24.1 Å². The van der Waals surface area contributed by atoms with Gasteiger partial charge < -0.3 is 14.8 Å². The van der Waals surface area contributed by atoms with Crippen molar-refractivity contribution in [2.24, 2.45) is 5.92 Å². The van der Waals surface area contributed by atoms with Crippen molar-refractivity contribution in [3.63, 3.8) is 0 Å². The average molecular weight is 304 g/mol. The lowest BCUT2D eigenvalue weighted by molar-refractivity contribution is 0.0795. The molecule has 1 heterocycles. The molecule has 1 unspecified atom stereocenters. The largest absolute Gasteiger partial charge is 0.444 e. The molecular formula is C12H18BrNO3. The minimum absolute atomic E-state index is 0.221. The van der Waals surface area contributed by atoms with Gasteiger partial charge in [0, 0.05) is 6.54 Å². The molecule has 0 aromatic carbocycles. The minimum Gasteiger partial charge on any atom is -0.444 e. The van der Waals surface area contributed by atoms with Crippen molar-refractivity contribution in [3.05, 3.63) is 22.6 Å². The maximum Gasteiger partial charge on any atom is 0.287 e. The van der Waals surface area contributed by atoms with Gasteiger partial charge in [0.05, 0.1) is 6.10 Å². The minimum atomic E-state index is -0.507. The van der Waals surface area contributed by atoms with Crippen LogP contribution in [0.15, 0.2) is 21.2 Å². The van der Waals surface area contributed by atoms with Crippen LogP contribution in [-0.2, 0) is 0 Å². The van der Waals surface area contributed by atoms with Crippen LogP contribution in [0.3, 0.4) is 0 Å². The van der Waals surface area contributed by atoms with Gasteiger partial charge in [-0.05, 0) is 34.0 Å². The molecule has 4 nitrogen and oxygen atoms in total. The Kier molecular flexibility index (Phi) is 5.71. The smallest absolute Gasteiger partial charge is 0.287 e. The number of carbonyl (C=O) groups is 1. The van der Waals surface area contributed by atoms with Crippen LogP contribution in [0.25, 0.3) is 0 Å². The van der Waals surface area contributed by atoms with E-state index in [9.17, 15) is 9.90 Å². The summed E-state index contributed by atoms with van der Waals surface area (Å²) in [6.07, 6.45) is 1.30. The Balaban J connectivity index is 2.43. The third kappa shape index (κ3) is 4.16. The van der Waals surface area contributed by atoms with Gasteiger partial charge in [-0.25, -0.2) is 0 Å². The van der Waals surface area contributed by atoms with E-state index in [2.05, 4.69) is 21.2 Å². The van der Waals surface area contributed by atoms with Gasteiger partial charge in [-0.15, -0.1) is 0 Å². The van der Waals surface area contributed by atoms with E-state index < -0.39 is 6.10 Å². The first-order valence-electron chi connectivity index (χ1n) is 5.80. The Labute approximate surface area is 110 Å². The third-order valence-electron chi connectivity index (χ3n) is 2.86. The topological polar surface area (TPSA) is 62.5 Å². The lowest BCUT2D eigenvalue weighted by Crippen LogP contribution is -2.35. The first-order valence-corrected chi connectivity index (χ1v) is 6.59. The predicted molar refractivity (Wildman–Crippen MR) is 68.8 cm³/mol. The Morgan fingerprint density at radius 2 is 2.12 bits per heavy atom. The summed E-state index contributed by atoms with van der Waals surface area (Å²) in [7, 11) is 0. The van der Waals surface area contributed by atoms with Crippen LogP contribution in [0.5, 0.6) is 0 Å². The summed E-state index contributed by atoms with van der Waals surface area (Å²) in [6.45, 7) is 4.31. The number of furan rings is 1. The number of hydrogen-bond donors (Lipinski definition) is 2. The number of hydrogen-bond acceptors (Lipinski definition) is 3. The quantitative estimate of drug-likeness (QED) is 0.849. The summed E-state index contributed by atoms with van der Waals surface area (Å²) in [4.78, 5) is 11.6. The highest BCUT2D eigenvalue weighted by Crippen LogP contribution is 2.15. The van der Waals surface area contributed by atoms with Gasteiger partial charge in [-0.3, -0.25) is 4.79 Å². The second kappa shape index (κ2) is 6.81. The van der Waals surface area contributed by atoms with E-state index in [1.807, 2.05) is 13.8 Å². The van der Waals surface area contributed by atoms with Crippen molar-refractivity contribution in [2.75, 3.05) is 6.54 Å². The van der Waals surface area contributed by atoms with E-state index in [1.165, 1.54) is 0 Å². The first kappa shape index (κ1) is 14.3. The number of nitrogens with one attached hydrogen (secondary N) is 1. The Morgan fingerprint density at radius 1 is 1.47 bits per heavy atom. The molecular weight excluding hydrogens is 286 g/mol. The van der Waals surface area contributed by atoms with Crippen LogP contribution >= 0.6 is 15.9 Å². The fraction of sp³-hybridized carbons (Fsp3) is 0.583. The number of aliphatic hydroxyl groups is 1. The molecule has 5 heteroatoms. The van der Waals surface area contributed by atoms with Crippen molar-refractivity contribution >= 4 is 21.8 Å². The molecule has 96 valence electrons. The maximum absolute atomic E-state index is 11.6. The molecule has 1 atom stereocenters. The van der Waals surface area contributed by atoms with Crippen molar-refractivity contribution in [2.45, 2.75) is 32.8 Å². The SMILES string of the molecule is CCC(CC)C(O)CNC(=O)c1ccc(Br)o1. The molecule has 1 aromatic rings. The van der Waals surface area contributed by atoms with Gasteiger partial charge >= 0.3 is 0 Å². The monoisotopic (exact) mass is 303 g/mol. The third-order valence-corrected chi connectivity index (χ3v) is 3.29. The van der Waals surface area contributed by atoms with Gasteiger partial charge in [0.15, 0.2) is 10.4 Å². The van der Waals surface area contributed by atoms with Gasteiger partial charge in [-0.1, -0.05) is 26.7 Å². The standard InChI is InChI=1S/C12H18BrNO3/c1-3-8(4-2)9(15)7-14-12(16)10-5-6-11(13)17-10/h5-6,8-9,15H,3-4,7H2,1-2H3,(H,14,16). The van der Waals surface area contributed by atoms with Crippen molar-refractivity contribution in [1.82, 2.24) is 5.32 Å². The van der Waals surface area contributed by atoms with Crippen LogP contribution in [0.1, 0.15) is 37.2 Å². The molecule has 0 saturated heterocycles.